The molecule has 0 bridgehead atoms. The van der Waals surface area contributed by atoms with Crippen LogP contribution < -0.4 is 4.74 Å². The molecule has 4 aromatic rings. The third-order valence-electron chi connectivity index (χ3n) is 6.68. The summed E-state index contributed by atoms with van der Waals surface area (Å²) in [6.07, 6.45) is 2.27. The predicted molar refractivity (Wildman–Crippen MR) is 141 cm³/mol. The first-order valence-corrected chi connectivity index (χ1v) is 12.4. The van der Waals surface area contributed by atoms with Gasteiger partial charge in [-0.25, -0.2) is 0 Å². The lowest BCUT2D eigenvalue weighted by Gasteiger charge is -2.30. The lowest BCUT2D eigenvalue weighted by molar-refractivity contribution is -0.0821. The first-order chi connectivity index (χ1) is 16.7. The van der Waals surface area contributed by atoms with Gasteiger partial charge in [0.2, 0.25) is 0 Å². The maximum absolute atomic E-state index is 10.5. The number of nitrogens with zero attached hydrogens (tertiary/aromatic N) is 2. The van der Waals surface area contributed by atoms with Crippen LogP contribution in [0.2, 0.25) is 0 Å². The lowest BCUT2D eigenvalue weighted by atomic mass is 9.86. The molecule has 0 saturated heterocycles. The fourth-order valence-electron chi connectivity index (χ4n) is 5.18. The van der Waals surface area contributed by atoms with E-state index in [0.29, 0.717) is 12.5 Å². The van der Waals surface area contributed by atoms with Gasteiger partial charge in [0.05, 0.1) is 29.8 Å². The van der Waals surface area contributed by atoms with Gasteiger partial charge < -0.3 is 14.6 Å². The SMILES string of the molecule is Cc1cc2nc(C(C)C)ccc2c(-c2ccc3c4c(ccnc24)CCO3)c1[C@@H](CO)OC(C)(C)C. The Morgan fingerprint density at radius 1 is 1.11 bits per heavy atom. The van der Waals surface area contributed by atoms with Crippen molar-refractivity contribution in [2.45, 2.75) is 65.6 Å². The Morgan fingerprint density at radius 3 is 2.63 bits per heavy atom. The fourth-order valence-corrected chi connectivity index (χ4v) is 5.18. The number of benzene rings is 2. The summed E-state index contributed by atoms with van der Waals surface area (Å²) in [5.41, 5.74) is 7.80. The summed E-state index contributed by atoms with van der Waals surface area (Å²) in [6.45, 7) is 13.0. The van der Waals surface area contributed by atoms with Crippen LogP contribution in [0.15, 0.2) is 42.6 Å². The zero-order valence-corrected chi connectivity index (χ0v) is 21.5. The van der Waals surface area contributed by atoms with Crippen LogP contribution in [0.3, 0.4) is 0 Å². The number of rotatable bonds is 5. The van der Waals surface area contributed by atoms with Gasteiger partial charge in [0.15, 0.2) is 0 Å². The fraction of sp³-hybridized carbons (Fsp3) is 0.400. The highest BCUT2D eigenvalue weighted by Crippen LogP contribution is 2.44. The van der Waals surface area contributed by atoms with Gasteiger partial charge in [-0.3, -0.25) is 9.97 Å². The van der Waals surface area contributed by atoms with Crippen molar-refractivity contribution in [3.8, 4) is 16.9 Å². The van der Waals surface area contributed by atoms with Crippen LogP contribution in [0.25, 0.3) is 32.9 Å². The van der Waals surface area contributed by atoms with Gasteiger partial charge in [0.1, 0.15) is 11.9 Å². The summed E-state index contributed by atoms with van der Waals surface area (Å²) >= 11 is 0. The molecule has 182 valence electrons. The summed E-state index contributed by atoms with van der Waals surface area (Å²) < 4.78 is 12.4. The second-order valence-electron chi connectivity index (χ2n) is 10.7. The summed E-state index contributed by atoms with van der Waals surface area (Å²) in [6, 6.07) is 12.6. The first-order valence-electron chi connectivity index (χ1n) is 12.4. The molecular weight excluding hydrogens is 436 g/mol. The van der Waals surface area contributed by atoms with Gasteiger partial charge in [-0.15, -0.1) is 0 Å². The van der Waals surface area contributed by atoms with E-state index in [9.17, 15) is 5.11 Å². The van der Waals surface area contributed by atoms with Crippen molar-refractivity contribution < 1.29 is 14.6 Å². The van der Waals surface area contributed by atoms with Crippen molar-refractivity contribution in [3.63, 3.8) is 0 Å². The first kappa shape index (κ1) is 23.7. The molecule has 0 spiro atoms. The third-order valence-corrected chi connectivity index (χ3v) is 6.68. The van der Waals surface area contributed by atoms with Gasteiger partial charge in [0.25, 0.3) is 0 Å². The van der Waals surface area contributed by atoms with Gasteiger partial charge in [-0.2, -0.15) is 0 Å². The van der Waals surface area contributed by atoms with Crippen molar-refractivity contribution >= 4 is 21.8 Å². The molecule has 1 N–H and O–H groups in total. The predicted octanol–water partition coefficient (Wildman–Crippen LogP) is 6.67. The normalized spacial score (nSPS) is 14.5. The van der Waals surface area contributed by atoms with Crippen molar-refractivity contribution in [2.75, 3.05) is 13.2 Å². The Bertz CT molecular complexity index is 1410. The van der Waals surface area contributed by atoms with E-state index in [1.165, 1.54) is 5.56 Å². The van der Waals surface area contributed by atoms with Crippen molar-refractivity contribution in [3.05, 3.63) is 65.0 Å². The standard InChI is InChI=1S/C30H34N2O3/c1-17(2)22-9-7-20-23(32-22)15-18(3)26(25(16-33)35-30(4,5)6)28(20)21-8-10-24-27-19(12-14-34-24)11-13-31-29(21)27/h7-11,13,15,17,25,33H,12,14,16H2,1-6H3/t25-/m1/s1. The zero-order valence-electron chi connectivity index (χ0n) is 21.5. The van der Waals surface area contributed by atoms with Crippen molar-refractivity contribution in [1.29, 1.82) is 0 Å². The molecule has 0 amide bonds. The molecule has 1 aliphatic rings. The Labute approximate surface area is 207 Å². The molecule has 1 aliphatic heterocycles. The van der Waals surface area contributed by atoms with Crippen LogP contribution in [0.5, 0.6) is 5.75 Å². The number of aryl methyl sites for hydroxylation is 1. The molecule has 5 rings (SSSR count). The molecule has 0 radical (unpaired) electrons. The van der Waals surface area contributed by atoms with Crippen LogP contribution in [0.1, 0.15) is 69.0 Å². The molecule has 2 aromatic carbocycles. The van der Waals surface area contributed by atoms with Gasteiger partial charge in [0, 0.05) is 34.6 Å². The van der Waals surface area contributed by atoms with E-state index in [2.05, 4.69) is 57.2 Å². The Hall–Kier alpha value is -3.02. The third kappa shape index (κ3) is 4.28. The maximum Gasteiger partial charge on any atom is 0.129 e. The maximum atomic E-state index is 10.5. The molecule has 3 heterocycles. The largest absolute Gasteiger partial charge is 0.493 e. The molecular formula is C30H34N2O3. The summed E-state index contributed by atoms with van der Waals surface area (Å²) in [4.78, 5) is 9.86. The van der Waals surface area contributed by atoms with Gasteiger partial charge in [-0.05, 0) is 86.2 Å². The monoisotopic (exact) mass is 470 g/mol. The number of hydrogen-bond acceptors (Lipinski definition) is 5. The van der Waals surface area contributed by atoms with Crippen LogP contribution in [-0.2, 0) is 11.2 Å². The Morgan fingerprint density at radius 2 is 1.91 bits per heavy atom. The van der Waals surface area contributed by atoms with E-state index >= 15 is 0 Å². The quantitative estimate of drug-likeness (QED) is 0.353. The lowest BCUT2D eigenvalue weighted by Crippen LogP contribution is -2.25. The zero-order chi connectivity index (χ0) is 24.9. The van der Waals surface area contributed by atoms with Gasteiger partial charge in [-0.1, -0.05) is 19.9 Å². The molecule has 0 fully saturated rings. The highest BCUT2D eigenvalue weighted by Gasteiger charge is 2.28. The number of aliphatic hydroxyl groups is 1. The molecule has 0 aliphatic carbocycles. The Balaban J connectivity index is 1.88. The van der Waals surface area contributed by atoms with Crippen molar-refractivity contribution in [1.82, 2.24) is 9.97 Å². The van der Waals surface area contributed by atoms with E-state index in [0.717, 1.165) is 61.9 Å². The number of hydrogen-bond donors (Lipinski definition) is 1. The molecule has 0 saturated carbocycles. The summed E-state index contributed by atoms with van der Waals surface area (Å²) in [5, 5.41) is 12.6. The molecule has 5 heteroatoms. The number of fused-ring (bicyclic) bond motifs is 1. The summed E-state index contributed by atoms with van der Waals surface area (Å²) in [5.74, 6) is 1.21. The van der Waals surface area contributed by atoms with Gasteiger partial charge >= 0.3 is 0 Å². The molecule has 0 unspecified atom stereocenters. The van der Waals surface area contributed by atoms with Crippen LogP contribution >= 0.6 is 0 Å². The molecule has 35 heavy (non-hydrogen) atoms. The van der Waals surface area contributed by atoms with E-state index in [1.54, 1.807) is 0 Å². The smallest absolute Gasteiger partial charge is 0.129 e. The second-order valence-corrected chi connectivity index (χ2v) is 10.7. The number of pyridine rings is 2. The van der Waals surface area contributed by atoms with E-state index < -0.39 is 11.7 Å². The number of ether oxygens (including phenoxy) is 2. The van der Waals surface area contributed by atoms with Crippen LogP contribution in [0, 0.1) is 6.92 Å². The second kappa shape index (κ2) is 8.89. The average molecular weight is 471 g/mol. The van der Waals surface area contributed by atoms with Crippen LogP contribution in [0.4, 0.5) is 0 Å². The number of aromatic nitrogens is 2. The average Bonchev–Trinajstić information content (AvgIpc) is 2.82. The minimum absolute atomic E-state index is 0.119. The van der Waals surface area contributed by atoms with E-state index in [-0.39, 0.29) is 6.61 Å². The topological polar surface area (TPSA) is 64.5 Å². The number of aliphatic hydroxyl groups excluding tert-OH is 1. The van der Waals surface area contributed by atoms with E-state index in [4.69, 9.17) is 19.4 Å². The highest BCUT2D eigenvalue weighted by molar-refractivity contribution is 6.07. The highest BCUT2D eigenvalue weighted by atomic mass is 16.5. The van der Waals surface area contributed by atoms with Crippen molar-refractivity contribution in [2.24, 2.45) is 0 Å². The van der Waals surface area contributed by atoms with E-state index in [1.807, 2.05) is 27.0 Å². The minimum atomic E-state index is -0.485. The molecule has 1 atom stereocenters. The molecule has 2 aromatic heterocycles. The van der Waals surface area contributed by atoms with Crippen LogP contribution in [-0.4, -0.2) is 33.9 Å². The Kier molecular flexibility index (Phi) is 6.02. The molecule has 5 nitrogen and oxygen atoms in total. The summed E-state index contributed by atoms with van der Waals surface area (Å²) in [7, 11) is 0. The minimum Gasteiger partial charge on any atom is -0.493 e.